The lowest BCUT2D eigenvalue weighted by Gasteiger charge is -2.19. The predicted octanol–water partition coefficient (Wildman–Crippen LogP) is 5.06. The minimum Gasteiger partial charge on any atom is -0.322 e. The number of nitrogens with zero attached hydrogens (tertiary/aromatic N) is 1. The summed E-state index contributed by atoms with van der Waals surface area (Å²) in [5.41, 5.74) is 2.82. The number of sulfonamides is 1. The Bertz CT molecular complexity index is 1120. The van der Waals surface area contributed by atoms with E-state index in [1.54, 1.807) is 48.5 Å². The summed E-state index contributed by atoms with van der Waals surface area (Å²) in [5, 5.41) is 2.81. The molecule has 0 aliphatic rings. The molecule has 6 heteroatoms. The quantitative estimate of drug-likeness (QED) is 0.625. The maximum atomic E-state index is 12.8. The van der Waals surface area contributed by atoms with Crippen molar-refractivity contribution in [3.8, 4) is 0 Å². The molecule has 0 atom stereocenters. The van der Waals surface area contributed by atoms with Crippen LogP contribution in [0.15, 0.2) is 83.8 Å². The molecule has 3 aromatic carbocycles. The van der Waals surface area contributed by atoms with Crippen LogP contribution in [0.5, 0.6) is 0 Å². The molecule has 0 bridgehead atoms. The summed E-state index contributed by atoms with van der Waals surface area (Å²) in [6.07, 6.45) is 0. The van der Waals surface area contributed by atoms with Gasteiger partial charge in [-0.3, -0.25) is 9.10 Å². The first-order valence-corrected chi connectivity index (χ1v) is 11.1. The smallest absolute Gasteiger partial charge is 0.264 e. The maximum absolute atomic E-state index is 12.8. The Hall–Kier alpha value is -3.12. The van der Waals surface area contributed by atoms with Crippen LogP contribution in [0.25, 0.3) is 0 Å². The molecule has 0 aliphatic heterocycles. The van der Waals surface area contributed by atoms with Crippen molar-refractivity contribution in [1.82, 2.24) is 0 Å². The highest BCUT2D eigenvalue weighted by Crippen LogP contribution is 2.24. The van der Waals surface area contributed by atoms with E-state index in [0.717, 1.165) is 5.56 Å². The number of rotatable bonds is 5. The van der Waals surface area contributed by atoms with Crippen LogP contribution in [0, 0.1) is 0 Å². The van der Waals surface area contributed by atoms with Gasteiger partial charge in [-0.1, -0.05) is 51.1 Å². The van der Waals surface area contributed by atoms with E-state index in [4.69, 9.17) is 0 Å². The molecule has 0 spiro atoms. The lowest BCUT2D eigenvalue weighted by molar-refractivity contribution is 0.102. The van der Waals surface area contributed by atoms with Gasteiger partial charge in [0.2, 0.25) is 0 Å². The number of nitrogens with one attached hydrogen (secondary N) is 1. The van der Waals surface area contributed by atoms with Crippen LogP contribution < -0.4 is 9.62 Å². The second-order valence-electron chi connectivity index (χ2n) is 8.11. The zero-order chi connectivity index (χ0) is 21.9. The highest BCUT2D eigenvalue weighted by atomic mass is 32.2. The fourth-order valence-corrected chi connectivity index (χ4v) is 4.17. The van der Waals surface area contributed by atoms with Gasteiger partial charge in [0.15, 0.2) is 0 Å². The number of carbonyl (C=O) groups excluding carboxylic acids is 1. The highest BCUT2D eigenvalue weighted by molar-refractivity contribution is 7.92. The van der Waals surface area contributed by atoms with E-state index in [2.05, 4.69) is 26.1 Å². The van der Waals surface area contributed by atoms with Crippen molar-refractivity contribution in [3.05, 3.63) is 90.0 Å². The number of carbonyl (C=O) groups is 1. The molecule has 1 N–H and O–H groups in total. The fraction of sp³-hybridized carbons (Fsp3) is 0.208. The monoisotopic (exact) mass is 422 g/mol. The second kappa shape index (κ2) is 8.32. The van der Waals surface area contributed by atoms with Crippen molar-refractivity contribution >= 4 is 27.3 Å². The molecule has 3 aromatic rings. The number of amides is 1. The van der Waals surface area contributed by atoms with Crippen molar-refractivity contribution in [2.24, 2.45) is 0 Å². The topological polar surface area (TPSA) is 66.5 Å². The molecular weight excluding hydrogens is 396 g/mol. The van der Waals surface area contributed by atoms with Crippen LogP contribution >= 0.6 is 0 Å². The Morgan fingerprint density at radius 2 is 1.40 bits per heavy atom. The number of hydrogen-bond acceptors (Lipinski definition) is 3. The Morgan fingerprint density at radius 1 is 0.833 bits per heavy atom. The first-order valence-electron chi connectivity index (χ1n) is 9.65. The zero-order valence-electron chi connectivity index (χ0n) is 17.6. The third-order valence-electron chi connectivity index (χ3n) is 4.90. The second-order valence-corrected chi connectivity index (χ2v) is 10.1. The summed E-state index contributed by atoms with van der Waals surface area (Å²) in [6.45, 7) is 6.35. The minimum absolute atomic E-state index is 0.0171. The summed E-state index contributed by atoms with van der Waals surface area (Å²) < 4.78 is 26.9. The summed E-state index contributed by atoms with van der Waals surface area (Å²) in [6, 6.07) is 22.5. The van der Waals surface area contributed by atoms with Gasteiger partial charge in [-0.25, -0.2) is 8.42 Å². The molecule has 0 aromatic heterocycles. The van der Waals surface area contributed by atoms with Crippen LogP contribution in [0.3, 0.4) is 0 Å². The summed E-state index contributed by atoms with van der Waals surface area (Å²) in [4.78, 5) is 12.7. The van der Waals surface area contributed by atoms with Crippen LogP contribution in [-0.4, -0.2) is 21.4 Å². The molecule has 3 rings (SSSR count). The van der Waals surface area contributed by atoms with E-state index in [0.29, 0.717) is 16.9 Å². The molecule has 0 unspecified atom stereocenters. The van der Waals surface area contributed by atoms with Gasteiger partial charge in [-0.15, -0.1) is 0 Å². The van der Waals surface area contributed by atoms with Crippen LogP contribution in [0.1, 0.15) is 36.7 Å². The molecule has 5 nitrogen and oxygen atoms in total. The summed E-state index contributed by atoms with van der Waals surface area (Å²) in [7, 11) is -2.17. The molecule has 30 heavy (non-hydrogen) atoms. The predicted molar refractivity (Wildman–Crippen MR) is 122 cm³/mol. The van der Waals surface area contributed by atoms with E-state index in [9.17, 15) is 13.2 Å². The third kappa shape index (κ3) is 4.71. The first-order chi connectivity index (χ1) is 14.1. The largest absolute Gasteiger partial charge is 0.322 e. The zero-order valence-corrected chi connectivity index (χ0v) is 18.4. The lowest BCUT2D eigenvalue weighted by atomic mass is 9.87. The maximum Gasteiger partial charge on any atom is 0.264 e. The van der Waals surface area contributed by atoms with Crippen molar-refractivity contribution in [2.45, 2.75) is 31.1 Å². The van der Waals surface area contributed by atoms with Gasteiger partial charge in [-0.2, -0.15) is 0 Å². The van der Waals surface area contributed by atoms with Crippen molar-refractivity contribution < 1.29 is 13.2 Å². The van der Waals surface area contributed by atoms with Crippen LogP contribution in [0.2, 0.25) is 0 Å². The Labute approximate surface area is 178 Å². The van der Waals surface area contributed by atoms with Crippen LogP contribution in [0.4, 0.5) is 11.4 Å². The Kier molecular flexibility index (Phi) is 5.99. The van der Waals surface area contributed by atoms with Crippen molar-refractivity contribution in [3.63, 3.8) is 0 Å². The summed E-state index contributed by atoms with van der Waals surface area (Å²) in [5.74, 6) is -0.243. The highest BCUT2D eigenvalue weighted by Gasteiger charge is 2.21. The van der Waals surface area contributed by atoms with E-state index in [1.807, 2.05) is 18.2 Å². The normalized spacial score (nSPS) is 11.7. The molecule has 0 fully saturated rings. The minimum atomic E-state index is -3.69. The van der Waals surface area contributed by atoms with E-state index in [1.165, 1.54) is 23.5 Å². The van der Waals surface area contributed by atoms with Gasteiger partial charge in [-0.05, 0) is 59.5 Å². The summed E-state index contributed by atoms with van der Waals surface area (Å²) >= 11 is 0. The molecule has 0 saturated heterocycles. The molecule has 1 amide bonds. The van der Waals surface area contributed by atoms with Gasteiger partial charge >= 0.3 is 0 Å². The van der Waals surface area contributed by atoms with Gasteiger partial charge in [0.05, 0.1) is 10.6 Å². The fourth-order valence-electron chi connectivity index (χ4n) is 2.97. The standard InChI is InChI=1S/C24H26N2O3S/c1-24(2,3)19-12-10-18(11-13-19)23(27)25-20-14-16-22(17-15-20)30(28,29)26(4)21-8-6-5-7-9-21/h5-17H,1-4H3,(H,25,27). The number of benzene rings is 3. The third-order valence-corrected chi connectivity index (χ3v) is 6.70. The average Bonchev–Trinajstić information content (AvgIpc) is 2.73. The molecule has 0 saturated carbocycles. The van der Waals surface area contributed by atoms with Gasteiger partial charge in [0.25, 0.3) is 15.9 Å². The van der Waals surface area contributed by atoms with Gasteiger partial charge in [0, 0.05) is 18.3 Å². The Balaban J connectivity index is 1.73. The van der Waals surface area contributed by atoms with Crippen molar-refractivity contribution in [2.75, 3.05) is 16.7 Å². The van der Waals surface area contributed by atoms with E-state index < -0.39 is 10.0 Å². The van der Waals surface area contributed by atoms with Gasteiger partial charge in [0.1, 0.15) is 0 Å². The number of para-hydroxylation sites is 1. The molecule has 156 valence electrons. The Morgan fingerprint density at radius 3 is 1.93 bits per heavy atom. The SMILES string of the molecule is CN(c1ccccc1)S(=O)(=O)c1ccc(NC(=O)c2ccc(C(C)(C)C)cc2)cc1. The first kappa shape index (κ1) is 21.6. The van der Waals surface area contributed by atoms with E-state index in [-0.39, 0.29) is 16.2 Å². The average molecular weight is 423 g/mol. The molecule has 0 radical (unpaired) electrons. The molecule has 0 heterocycles. The molecule has 0 aliphatic carbocycles. The molecular formula is C24H26N2O3S. The number of anilines is 2. The number of hydrogen-bond donors (Lipinski definition) is 1. The van der Waals surface area contributed by atoms with E-state index >= 15 is 0 Å². The lowest BCUT2D eigenvalue weighted by Crippen LogP contribution is -2.26. The van der Waals surface area contributed by atoms with Crippen molar-refractivity contribution in [1.29, 1.82) is 0 Å². The van der Waals surface area contributed by atoms with Gasteiger partial charge < -0.3 is 5.32 Å². The van der Waals surface area contributed by atoms with Crippen LogP contribution in [-0.2, 0) is 15.4 Å².